The van der Waals surface area contributed by atoms with Crippen LogP contribution in [0.4, 0.5) is 10.5 Å². The molecule has 0 aliphatic carbocycles. The molecule has 7 nitrogen and oxygen atoms in total. The third-order valence-electron chi connectivity index (χ3n) is 2.76. The van der Waals surface area contributed by atoms with Gasteiger partial charge in [0.1, 0.15) is 6.04 Å². The Morgan fingerprint density at radius 2 is 1.95 bits per heavy atom. The van der Waals surface area contributed by atoms with Crippen molar-refractivity contribution in [2.75, 3.05) is 5.32 Å². The molecule has 0 radical (unpaired) electrons. The number of aryl methyl sites for hydroxylation is 1. The zero-order valence-electron chi connectivity index (χ0n) is 11.6. The Morgan fingerprint density at radius 1 is 1.24 bits per heavy atom. The molecule has 2 amide bonds. The highest BCUT2D eigenvalue weighted by molar-refractivity contribution is 5.92. The van der Waals surface area contributed by atoms with Gasteiger partial charge in [0.05, 0.1) is 0 Å². The van der Waals surface area contributed by atoms with Gasteiger partial charge in [-0.15, -0.1) is 0 Å². The number of hydrogen-bond donors (Lipinski definition) is 4. The van der Waals surface area contributed by atoms with Crippen LogP contribution in [0.1, 0.15) is 24.8 Å². The van der Waals surface area contributed by atoms with E-state index in [1.165, 1.54) is 0 Å². The third-order valence-corrected chi connectivity index (χ3v) is 2.76. The number of anilines is 1. The molecule has 1 aromatic carbocycles. The van der Waals surface area contributed by atoms with Crippen molar-refractivity contribution in [3.8, 4) is 0 Å². The SMILES string of the molecule is Cc1cccc(NC(=O)N[C@H](CCCC(=O)O)C(=O)O)c1. The zero-order chi connectivity index (χ0) is 15.8. The van der Waals surface area contributed by atoms with Gasteiger partial charge in [-0.25, -0.2) is 9.59 Å². The highest BCUT2D eigenvalue weighted by Gasteiger charge is 2.19. The predicted octanol–water partition coefficient (Wildman–Crippen LogP) is 1.82. The quantitative estimate of drug-likeness (QED) is 0.612. The molecule has 7 heteroatoms. The van der Waals surface area contributed by atoms with Crippen molar-refractivity contribution in [3.05, 3.63) is 29.8 Å². The van der Waals surface area contributed by atoms with Crippen molar-refractivity contribution < 1.29 is 24.6 Å². The van der Waals surface area contributed by atoms with Gasteiger partial charge in [0, 0.05) is 12.1 Å². The molecule has 114 valence electrons. The lowest BCUT2D eigenvalue weighted by Crippen LogP contribution is -2.43. The molecule has 1 rings (SSSR count). The minimum Gasteiger partial charge on any atom is -0.481 e. The number of aliphatic carboxylic acids is 2. The molecule has 1 aromatic rings. The molecule has 0 aliphatic rings. The van der Waals surface area contributed by atoms with Crippen LogP contribution in [-0.2, 0) is 9.59 Å². The Bertz CT molecular complexity index is 530. The predicted molar refractivity (Wildman–Crippen MR) is 76.2 cm³/mol. The molecule has 0 aromatic heterocycles. The van der Waals surface area contributed by atoms with Gasteiger partial charge in [0.15, 0.2) is 0 Å². The smallest absolute Gasteiger partial charge is 0.326 e. The number of carbonyl (C=O) groups excluding carboxylic acids is 1. The van der Waals surface area contributed by atoms with Gasteiger partial charge in [0.25, 0.3) is 0 Å². The average molecular weight is 294 g/mol. The van der Waals surface area contributed by atoms with Crippen LogP contribution in [-0.4, -0.2) is 34.2 Å². The molecule has 21 heavy (non-hydrogen) atoms. The maximum atomic E-state index is 11.7. The molecule has 0 bridgehead atoms. The summed E-state index contributed by atoms with van der Waals surface area (Å²) in [7, 11) is 0. The lowest BCUT2D eigenvalue weighted by molar-refractivity contribution is -0.140. The Morgan fingerprint density at radius 3 is 2.52 bits per heavy atom. The first-order chi connectivity index (χ1) is 9.88. The second-order valence-electron chi connectivity index (χ2n) is 4.64. The van der Waals surface area contributed by atoms with Crippen molar-refractivity contribution in [2.45, 2.75) is 32.2 Å². The topological polar surface area (TPSA) is 116 Å². The van der Waals surface area contributed by atoms with Crippen molar-refractivity contribution in [2.24, 2.45) is 0 Å². The molecule has 1 atom stereocenters. The maximum absolute atomic E-state index is 11.7. The van der Waals surface area contributed by atoms with Crippen molar-refractivity contribution in [3.63, 3.8) is 0 Å². The molecule has 0 saturated heterocycles. The Labute approximate surface area is 122 Å². The highest BCUT2D eigenvalue weighted by atomic mass is 16.4. The molecule has 0 fully saturated rings. The lowest BCUT2D eigenvalue weighted by Gasteiger charge is -2.15. The van der Waals surface area contributed by atoms with E-state index >= 15 is 0 Å². The molecular weight excluding hydrogens is 276 g/mol. The second kappa shape index (κ2) is 7.88. The fourth-order valence-electron chi connectivity index (χ4n) is 1.76. The van der Waals surface area contributed by atoms with Crippen LogP contribution >= 0.6 is 0 Å². The zero-order valence-corrected chi connectivity index (χ0v) is 11.6. The van der Waals surface area contributed by atoms with Gasteiger partial charge >= 0.3 is 18.0 Å². The minimum absolute atomic E-state index is 0.0584. The third kappa shape index (κ3) is 6.42. The Hall–Kier alpha value is -2.57. The Kier molecular flexibility index (Phi) is 6.19. The van der Waals surface area contributed by atoms with Crippen LogP contribution in [0, 0.1) is 6.92 Å². The minimum atomic E-state index is -1.19. The summed E-state index contributed by atoms with van der Waals surface area (Å²) < 4.78 is 0. The summed E-state index contributed by atoms with van der Waals surface area (Å²) in [5.41, 5.74) is 1.52. The first-order valence-electron chi connectivity index (χ1n) is 6.47. The monoisotopic (exact) mass is 294 g/mol. The summed E-state index contributed by atoms with van der Waals surface area (Å²) in [6, 6.07) is 5.33. The van der Waals surface area contributed by atoms with Crippen LogP contribution in [0.15, 0.2) is 24.3 Å². The second-order valence-corrected chi connectivity index (χ2v) is 4.64. The number of hydrogen-bond acceptors (Lipinski definition) is 3. The van der Waals surface area contributed by atoms with E-state index in [-0.39, 0.29) is 19.3 Å². The number of urea groups is 1. The van der Waals surface area contributed by atoms with Gasteiger partial charge in [-0.05, 0) is 37.5 Å². The molecule has 0 heterocycles. The maximum Gasteiger partial charge on any atom is 0.326 e. The van der Waals surface area contributed by atoms with E-state index in [9.17, 15) is 14.4 Å². The van der Waals surface area contributed by atoms with Crippen LogP contribution in [0.2, 0.25) is 0 Å². The normalized spacial score (nSPS) is 11.5. The van der Waals surface area contributed by atoms with E-state index in [0.717, 1.165) is 5.56 Å². The van der Waals surface area contributed by atoms with E-state index in [1.54, 1.807) is 18.2 Å². The molecule has 0 saturated carbocycles. The fourth-order valence-corrected chi connectivity index (χ4v) is 1.76. The van der Waals surface area contributed by atoms with Crippen LogP contribution in [0.5, 0.6) is 0 Å². The van der Waals surface area contributed by atoms with Gasteiger partial charge in [-0.1, -0.05) is 12.1 Å². The number of carboxylic acid groups (broad SMARTS) is 2. The van der Waals surface area contributed by atoms with E-state index < -0.39 is 24.0 Å². The molecular formula is C14H18N2O5. The molecule has 4 N–H and O–H groups in total. The lowest BCUT2D eigenvalue weighted by atomic mass is 10.1. The van der Waals surface area contributed by atoms with Gasteiger partial charge in [0.2, 0.25) is 0 Å². The number of rotatable bonds is 7. The van der Waals surface area contributed by atoms with Crippen molar-refractivity contribution in [1.29, 1.82) is 0 Å². The summed E-state index contributed by atoms with van der Waals surface area (Å²) in [6.45, 7) is 1.87. The van der Waals surface area contributed by atoms with Crippen molar-refractivity contribution >= 4 is 23.7 Å². The number of benzene rings is 1. The standard InChI is InChI=1S/C14H18N2O5/c1-9-4-2-5-10(8-9)15-14(21)16-11(13(19)20)6-3-7-12(17)18/h2,4-5,8,11H,3,6-7H2,1H3,(H,17,18)(H,19,20)(H2,15,16,21)/t11-/m1/s1. The van der Waals surface area contributed by atoms with E-state index in [4.69, 9.17) is 10.2 Å². The average Bonchev–Trinajstić information content (AvgIpc) is 2.36. The van der Waals surface area contributed by atoms with E-state index in [1.807, 2.05) is 13.0 Å². The van der Waals surface area contributed by atoms with Crippen LogP contribution in [0.3, 0.4) is 0 Å². The van der Waals surface area contributed by atoms with Gasteiger partial charge in [-0.3, -0.25) is 4.79 Å². The summed E-state index contributed by atoms with van der Waals surface area (Å²) in [5, 5.41) is 22.4. The Balaban J connectivity index is 2.52. The first-order valence-corrected chi connectivity index (χ1v) is 6.47. The van der Waals surface area contributed by atoms with Gasteiger partial charge in [-0.2, -0.15) is 0 Å². The number of amides is 2. The van der Waals surface area contributed by atoms with Crippen molar-refractivity contribution in [1.82, 2.24) is 5.32 Å². The summed E-state index contributed by atoms with van der Waals surface area (Å²) in [4.78, 5) is 33.2. The summed E-state index contributed by atoms with van der Waals surface area (Å²) in [6.07, 6.45) is 0.102. The number of nitrogens with one attached hydrogen (secondary N) is 2. The molecule has 0 aliphatic heterocycles. The summed E-state index contributed by atoms with van der Waals surface area (Å²) >= 11 is 0. The van der Waals surface area contributed by atoms with Crippen LogP contribution < -0.4 is 10.6 Å². The van der Waals surface area contributed by atoms with E-state index in [2.05, 4.69) is 10.6 Å². The fraction of sp³-hybridized carbons (Fsp3) is 0.357. The highest BCUT2D eigenvalue weighted by Crippen LogP contribution is 2.09. The molecule has 0 unspecified atom stereocenters. The van der Waals surface area contributed by atoms with E-state index in [0.29, 0.717) is 5.69 Å². The summed E-state index contributed by atoms with van der Waals surface area (Å²) in [5.74, 6) is -2.19. The van der Waals surface area contributed by atoms with Gasteiger partial charge < -0.3 is 20.8 Å². The number of carboxylic acids is 2. The van der Waals surface area contributed by atoms with Crippen LogP contribution in [0.25, 0.3) is 0 Å². The number of carbonyl (C=O) groups is 3. The molecule has 0 spiro atoms. The first kappa shape index (κ1) is 16.5. The largest absolute Gasteiger partial charge is 0.481 e.